The zero-order valence-electron chi connectivity index (χ0n) is 13.9. The van der Waals surface area contributed by atoms with Crippen molar-refractivity contribution in [2.45, 2.75) is 19.9 Å². The van der Waals surface area contributed by atoms with E-state index in [-0.39, 0.29) is 18.9 Å². The molecule has 5 heteroatoms. The summed E-state index contributed by atoms with van der Waals surface area (Å²) in [4.78, 5) is 23.6. The normalized spacial score (nSPS) is 10.1. The minimum Gasteiger partial charge on any atom is -0.496 e. The number of nitrogens with one attached hydrogen (secondary N) is 1. The van der Waals surface area contributed by atoms with Crippen molar-refractivity contribution in [2.75, 3.05) is 13.7 Å². The first-order valence-corrected chi connectivity index (χ1v) is 7.69. The van der Waals surface area contributed by atoms with Crippen LogP contribution in [0.4, 0.5) is 0 Å². The quantitative estimate of drug-likeness (QED) is 0.793. The number of amides is 1. The lowest BCUT2D eigenvalue weighted by Gasteiger charge is -2.10. The molecule has 2 aromatic carbocycles. The lowest BCUT2D eigenvalue weighted by atomic mass is 10.1. The number of hydrogen-bond donors (Lipinski definition) is 1. The molecule has 0 radical (unpaired) electrons. The molecule has 0 aliphatic heterocycles. The SMILES string of the molecule is COc1ccccc1CNC(=O)COC(=O)Cc1ccccc1C. The fourth-order valence-electron chi connectivity index (χ4n) is 2.25. The molecular weight excluding hydrogens is 306 g/mol. The fourth-order valence-corrected chi connectivity index (χ4v) is 2.25. The second kappa shape index (κ2) is 8.72. The summed E-state index contributed by atoms with van der Waals surface area (Å²) in [5.74, 6) is -0.0647. The zero-order chi connectivity index (χ0) is 17.4. The highest BCUT2D eigenvalue weighted by atomic mass is 16.5. The van der Waals surface area contributed by atoms with E-state index >= 15 is 0 Å². The Bertz CT molecular complexity index is 712. The molecule has 126 valence electrons. The van der Waals surface area contributed by atoms with Crippen LogP contribution in [0.25, 0.3) is 0 Å². The minimum absolute atomic E-state index is 0.159. The van der Waals surface area contributed by atoms with Crippen LogP contribution in [0, 0.1) is 6.92 Å². The molecule has 0 spiro atoms. The summed E-state index contributed by atoms with van der Waals surface area (Å²) in [7, 11) is 1.58. The lowest BCUT2D eigenvalue weighted by Crippen LogP contribution is -2.28. The number of carbonyl (C=O) groups is 2. The van der Waals surface area contributed by atoms with Gasteiger partial charge in [-0.2, -0.15) is 0 Å². The number of carbonyl (C=O) groups excluding carboxylic acids is 2. The molecule has 0 saturated heterocycles. The monoisotopic (exact) mass is 327 g/mol. The summed E-state index contributed by atoms with van der Waals surface area (Å²) in [5, 5.41) is 2.71. The first kappa shape index (κ1) is 17.5. The average molecular weight is 327 g/mol. The number of ether oxygens (including phenoxy) is 2. The summed E-state index contributed by atoms with van der Waals surface area (Å²) in [6.07, 6.45) is 0.159. The molecule has 0 fully saturated rings. The highest BCUT2D eigenvalue weighted by Gasteiger charge is 2.10. The summed E-state index contributed by atoms with van der Waals surface area (Å²) < 4.78 is 10.2. The van der Waals surface area contributed by atoms with Crippen molar-refractivity contribution in [3.05, 3.63) is 65.2 Å². The van der Waals surface area contributed by atoms with Crippen LogP contribution in [0.1, 0.15) is 16.7 Å². The number of hydrogen-bond acceptors (Lipinski definition) is 4. The van der Waals surface area contributed by atoms with Gasteiger partial charge in [0.1, 0.15) is 5.75 Å². The summed E-state index contributed by atoms with van der Waals surface area (Å²) in [6.45, 7) is 1.96. The predicted molar refractivity (Wildman–Crippen MR) is 90.7 cm³/mol. The second-order valence-electron chi connectivity index (χ2n) is 5.35. The van der Waals surface area contributed by atoms with Crippen LogP contribution in [-0.2, 0) is 27.3 Å². The third-order valence-corrected chi connectivity index (χ3v) is 3.63. The van der Waals surface area contributed by atoms with Crippen molar-refractivity contribution in [3.63, 3.8) is 0 Å². The van der Waals surface area contributed by atoms with E-state index in [1.165, 1.54) is 0 Å². The summed E-state index contributed by atoms with van der Waals surface area (Å²) in [5.41, 5.74) is 2.78. The van der Waals surface area contributed by atoms with Crippen molar-refractivity contribution >= 4 is 11.9 Å². The molecule has 24 heavy (non-hydrogen) atoms. The van der Waals surface area contributed by atoms with Gasteiger partial charge in [-0.3, -0.25) is 9.59 Å². The van der Waals surface area contributed by atoms with E-state index in [2.05, 4.69) is 5.32 Å². The van der Waals surface area contributed by atoms with Crippen LogP contribution in [0.5, 0.6) is 5.75 Å². The second-order valence-corrected chi connectivity index (χ2v) is 5.35. The molecule has 2 rings (SSSR count). The Labute approximate surface area is 141 Å². The van der Waals surface area contributed by atoms with E-state index in [0.29, 0.717) is 12.3 Å². The van der Waals surface area contributed by atoms with Crippen molar-refractivity contribution in [1.29, 1.82) is 0 Å². The van der Waals surface area contributed by atoms with Gasteiger partial charge < -0.3 is 14.8 Å². The first-order chi connectivity index (χ1) is 11.6. The maximum Gasteiger partial charge on any atom is 0.310 e. The Morgan fingerprint density at radius 3 is 2.38 bits per heavy atom. The third-order valence-electron chi connectivity index (χ3n) is 3.63. The molecule has 0 saturated carbocycles. The molecular formula is C19H21NO4. The van der Waals surface area contributed by atoms with E-state index in [1.54, 1.807) is 7.11 Å². The lowest BCUT2D eigenvalue weighted by molar-refractivity contribution is -0.147. The number of methoxy groups -OCH3 is 1. The van der Waals surface area contributed by atoms with Crippen molar-refractivity contribution in [3.8, 4) is 5.75 Å². The maximum absolute atomic E-state index is 11.8. The number of aryl methyl sites for hydroxylation is 1. The molecule has 0 atom stereocenters. The van der Waals surface area contributed by atoms with Gasteiger partial charge in [0.2, 0.25) is 0 Å². The number of benzene rings is 2. The average Bonchev–Trinajstić information content (AvgIpc) is 2.60. The van der Waals surface area contributed by atoms with Crippen LogP contribution in [0.3, 0.4) is 0 Å². The van der Waals surface area contributed by atoms with Crippen LogP contribution in [0.15, 0.2) is 48.5 Å². The van der Waals surface area contributed by atoms with Gasteiger partial charge in [-0.1, -0.05) is 42.5 Å². The molecule has 0 aliphatic carbocycles. The molecule has 1 N–H and O–H groups in total. The van der Waals surface area contributed by atoms with Gasteiger partial charge in [-0.15, -0.1) is 0 Å². The molecule has 0 aliphatic rings. The Balaban J connectivity index is 1.77. The van der Waals surface area contributed by atoms with Crippen molar-refractivity contribution in [2.24, 2.45) is 0 Å². The molecule has 0 unspecified atom stereocenters. The van der Waals surface area contributed by atoms with Crippen molar-refractivity contribution < 1.29 is 19.1 Å². The van der Waals surface area contributed by atoms with Crippen LogP contribution >= 0.6 is 0 Å². The van der Waals surface area contributed by atoms with Gasteiger partial charge in [0.05, 0.1) is 13.5 Å². The standard InChI is InChI=1S/C19H21NO4/c1-14-7-3-4-8-15(14)11-19(22)24-13-18(21)20-12-16-9-5-6-10-17(16)23-2/h3-10H,11-13H2,1-2H3,(H,20,21). The smallest absolute Gasteiger partial charge is 0.310 e. The topological polar surface area (TPSA) is 64.6 Å². The molecule has 0 aromatic heterocycles. The van der Waals surface area contributed by atoms with E-state index in [1.807, 2.05) is 55.5 Å². The molecule has 2 aromatic rings. The first-order valence-electron chi connectivity index (χ1n) is 7.69. The predicted octanol–water partition coefficient (Wildman–Crippen LogP) is 2.41. The van der Waals surface area contributed by atoms with Gasteiger partial charge in [-0.05, 0) is 24.1 Å². The minimum atomic E-state index is -0.420. The van der Waals surface area contributed by atoms with Crippen LogP contribution < -0.4 is 10.1 Å². The highest BCUT2D eigenvalue weighted by Crippen LogP contribution is 2.16. The largest absolute Gasteiger partial charge is 0.496 e. The van der Waals surface area contributed by atoms with E-state index in [4.69, 9.17) is 9.47 Å². The Kier molecular flexibility index (Phi) is 6.37. The van der Waals surface area contributed by atoms with Crippen molar-refractivity contribution in [1.82, 2.24) is 5.32 Å². The molecule has 1 amide bonds. The maximum atomic E-state index is 11.8. The number of rotatable bonds is 7. The fraction of sp³-hybridized carbons (Fsp3) is 0.263. The van der Waals surface area contributed by atoms with E-state index in [0.717, 1.165) is 16.7 Å². The number of esters is 1. The highest BCUT2D eigenvalue weighted by molar-refractivity contribution is 5.81. The van der Waals surface area contributed by atoms with Gasteiger partial charge in [0.25, 0.3) is 5.91 Å². The zero-order valence-corrected chi connectivity index (χ0v) is 13.9. The summed E-state index contributed by atoms with van der Waals surface area (Å²) >= 11 is 0. The van der Waals surface area contributed by atoms with Gasteiger partial charge in [0.15, 0.2) is 6.61 Å². The van der Waals surface area contributed by atoms with Gasteiger partial charge in [-0.25, -0.2) is 0 Å². The van der Waals surface area contributed by atoms with Crippen LogP contribution in [-0.4, -0.2) is 25.6 Å². The van der Waals surface area contributed by atoms with Crippen LogP contribution in [0.2, 0.25) is 0 Å². The van der Waals surface area contributed by atoms with Gasteiger partial charge in [0, 0.05) is 12.1 Å². The summed E-state index contributed by atoms with van der Waals surface area (Å²) in [6, 6.07) is 15.0. The van der Waals surface area contributed by atoms with Gasteiger partial charge >= 0.3 is 5.97 Å². The molecule has 0 heterocycles. The third kappa shape index (κ3) is 5.12. The molecule has 0 bridgehead atoms. The number of para-hydroxylation sites is 1. The van der Waals surface area contributed by atoms with E-state index in [9.17, 15) is 9.59 Å². The Morgan fingerprint density at radius 1 is 1.00 bits per heavy atom. The Morgan fingerprint density at radius 2 is 1.67 bits per heavy atom. The Hall–Kier alpha value is -2.82. The van der Waals surface area contributed by atoms with E-state index < -0.39 is 5.97 Å². The molecule has 5 nitrogen and oxygen atoms in total.